The van der Waals surface area contributed by atoms with Crippen LogP contribution in [0, 0.1) is 11.7 Å². The van der Waals surface area contributed by atoms with Crippen LogP contribution in [0.1, 0.15) is 31.2 Å². The fourth-order valence-electron chi connectivity index (χ4n) is 3.54. The molecule has 0 bridgehead atoms. The molecule has 1 aromatic carbocycles. The average molecular weight is 348 g/mol. The summed E-state index contributed by atoms with van der Waals surface area (Å²) >= 11 is 0. The lowest BCUT2D eigenvalue weighted by Crippen LogP contribution is -2.44. The summed E-state index contributed by atoms with van der Waals surface area (Å²) < 4.78 is 13.4. The van der Waals surface area contributed by atoms with Crippen LogP contribution in [0.3, 0.4) is 0 Å². The van der Waals surface area contributed by atoms with Gasteiger partial charge in [-0.05, 0) is 43.0 Å². The zero-order valence-electron chi connectivity index (χ0n) is 13.9. The number of carbonyl (C=O) groups excluding carboxylic acids is 2. The van der Waals surface area contributed by atoms with Crippen LogP contribution in [-0.4, -0.2) is 47.4 Å². The van der Waals surface area contributed by atoms with Crippen molar-refractivity contribution in [2.75, 3.05) is 24.5 Å². The van der Waals surface area contributed by atoms with Gasteiger partial charge in [-0.1, -0.05) is 0 Å². The number of halogens is 1. The summed E-state index contributed by atoms with van der Waals surface area (Å²) in [5.41, 5.74) is 1.43. The van der Waals surface area contributed by atoms with Gasteiger partial charge in [0.05, 0.1) is 5.92 Å². The van der Waals surface area contributed by atoms with E-state index in [-0.39, 0.29) is 37.1 Å². The van der Waals surface area contributed by atoms with Crippen molar-refractivity contribution >= 4 is 23.5 Å². The Morgan fingerprint density at radius 1 is 1.28 bits per heavy atom. The van der Waals surface area contributed by atoms with Crippen LogP contribution in [0.4, 0.5) is 10.1 Å². The molecule has 7 heteroatoms. The van der Waals surface area contributed by atoms with E-state index in [0.717, 1.165) is 5.56 Å². The highest BCUT2D eigenvalue weighted by molar-refractivity contribution is 5.97. The minimum Gasteiger partial charge on any atom is -0.481 e. The third-order valence-electron chi connectivity index (χ3n) is 4.91. The number of benzene rings is 1. The smallest absolute Gasteiger partial charge is 0.308 e. The zero-order valence-corrected chi connectivity index (χ0v) is 13.9. The molecule has 3 rings (SSSR count). The van der Waals surface area contributed by atoms with Crippen molar-refractivity contribution < 1.29 is 23.9 Å². The van der Waals surface area contributed by atoms with Gasteiger partial charge in [-0.15, -0.1) is 0 Å². The monoisotopic (exact) mass is 348 g/mol. The van der Waals surface area contributed by atoms with Crippen molar-refractivity contribution in [2.24, 2.45) is 5.92 Å². The second kappa shape index (κ2) is 7.21. The lowest BCUT2D eigenvalue weighted by molar-refractivity contribution is -0.145. The van der Waals surface area contributed by atoms with Crippen molar-refractivity contribution in [1.82, 2.24) is 4.90 Å². The molecule has 0 saturated carbocycles. The second-order valence-electron chi connectivity index (χ2n) is 6.59. The van der Waals surface area contributed by atoms with Gasteiger partial charge in [0.25, 0.3) is 0 Å². The number of carboxylic acids is 1. The Hall–Kier alpha value is -2.44. The molecule has 6 nitrogen and oxygen atoms in total. The number of fused-ring (bicyclic) bond motifs is 1. The summed E-state index contributed by atoms with van der Waals surface area (Å²) in [6.45, 7) is 1.01. The maximum atomic E-state index is 13.4. The van der Waals surface area contributed by atoms with Gasteiger partial charge >= 0.3 is 5.97 Å². The normalized spacial score (nSPS) is 20.4. The number of hydrogen-bond donors (Lipinski definition) is 1. The van der Waals surface area contributed by atoms with Crippen LogP contribution in [-0.2, 0) is 20.8 Å². The van der Waals surface area contributed by atoms with Crippen LogP contribution in [0.25, 0.3) is 0 Å². The molecule has 1 fully saturated rings. The van der Waals surface area contributed by atoms with Crippen LogP contribution in [0.5, 0.6) is 0 Å². The van der Waals surface area contributed by atoms with E-state index < -0.39 is 11.9 Å². The van der Waals surface area contributed by atoms with E-state index in [4.69, 9.17) is 5.11 Å². The van der Waals surface area contributed by atoms with Crippen LogP contribution in [0.15, 0.2) is 18.2 Å². The number of aliphatic carboxylic acids is 1. The molecular formula is C18H21FN2O4. The van der Waals surface area contributed by atoms with E-state index in [0.29, 0.717) is 37.9 Å². The van der Waals surface area contributed by atoms with E-state index in [1.54, 1.807) is 11.0 Å². The fraction of sp³-hybridized carbons (Fsp3) is 0.500. The van der Waals surface area contributed by atoms with Gasteiger partial charge in [0.2, 0.25) is 11.8 Å². The largest absolute Gasteiger partial charge is 0.481 e. The minimum atomic E-state index is -0.875. The third kappa shape index (κ3) is 3.81. The zero-order chi connectivity index (χ0) is 18.0. The first kappa shape index (κ1) is 17.4. The number of nitrogens with zero attached hydrogens (tertiary/aromatic N) is 2. The average Bonchev–Trinajstić information content (AvgIpc) is 2.60. The number of carboxylic acid groups (broad SMARTS) is 1. The van der Waals surface area contributed by atoms with Crippen LogP contribution >= 0.6 is 0 Å². The molecule has 0 spiro atoms. The number of hydrogen-bond acceptors (Lipinski definition) is 3. The molecule has 2 heterocycles. The Bertz CT molecular complexity index is 706. The standard InChI is InChI=1S/C18H21FN2O4/c19-14-4-5-15-12(10-14)3-6-17(23)21(15)9-7-16(22)20-8-1-2-13(11-20)18(24)25/h4-5,10,13H,1-3,6-9,11H2,(H,24,25). The van der Waals surface area contributed by atoms with E-state index in [1.165, 1.54) is 17.0 Å². The summed E-state index contributed by atoms with van der Waals surface area (Å²) in [6, 6.07) is 4.32. The Labute approximate surface area is 145 Å². The number of carbonyl (C=O) groups is 3. The summed E-state index contributed by atoms with van der Waals surface area (Å²) in [4.78, 5) is 38.8. The highest BCUT2D eigenvalue weighted by atomic mass is 19.1. The number of aryl methyl sites for hydroxylation is 1. The van der Waals surface area contributed by atoms with Gasteiger partial charge in [-0.25, -0.2) is 4.39 Å². The predicted molar refractivity (Wildman–Crippen MR) is 88.6 cm³/mol. The Morgan fingerprint density at radius 3 is 2.84 bits per heavy atom. The molecule has 1 unspecified atom stereocenters. The van der Waals surface area contributed by atoms with Crippen molar-refractivity contribution in [3.05, 3.63) is 29.6 Å². The summed E-state index contributed by atoms with van der Waals surface area (Å²) in [5, 5.41) is 9.12. The molecule has 134 valence electrons. The molecular weight excluding hydrogens is 327 g/mol. The molecule has 2 aliphatic rings. The van der Waals surface area contributed by atoms with E-state index in [1.807, 2.05) is 0 Å². The van der Waals surface area contributed by atoms with Gasteiger partial charge in [0.15, 0.2) is 0 Å². The molecule has 1 aromatic rings. The van der Waals surface area contributed by atoms with Crippen molar-refractivity contribution in [2.45, 2.75) is 32.1 Å². The Balaban J connectivity index is 1.64. The van der Waals surface area contributed by atoms with Gasteiger partial charge in [-0.3, -0.25) is 14.4 Å². The molecule has 1 N–H and O–H groups in total. The molecule has 1 atom stereocenters. The highest BCUT2D eigenvalue weighted by Crippen LogP contribution is 2.28. The Morgan fingerprint density at radius 2 is 2.08 bits per heavy atom. The maximum Gasteiger partial charge on any atom is 0.308 e. The molecule has 2 aliphatic heterocycles. The van der Waals surface area contributed by atoms with E-state index in [9.17, 15) is 18.8 Å². The SMILES string of the molecule is O=C(O)C1CCCN(C(=O)CCN2C(=O)CCc3cc(F)ccc32)C1. The molecule has 25 heavy (non-hydrogen) atoms. The second-order valence-corrected chi connectivity index (χ2v) is 6.59. The van der Waals surface area contributed by atoms with Crippen LogP contribution < -0.4 is 4.90 Å². The van der Waals surface area contributed by atoms with Crippen molar-refractivity contribution in [3.63, 3.8) is 0 Å². The lowest BCUT2D eigenvalue weighted by Gasteiger charge is -2.33. The van der Waals surface area contributed by atoms with Gasteiger partial charge < -0.3 is 14.9 Å². The third-order valence-corrected chi connectivity index (χ3v) is 4.91. The topological polar surface area (TPSA) is 77.9 Å². The van der Waals surface area contributed by atoms with E-state index in [2.05, 4.69) is 0 Å². The molecule has 0 aliphatic carbocycles. The number of rotatable bonds is 4. The summed E-state index contributed by atoms with van der Waals surface area (Å²) in [7, 11) is 0. The van der Waals surface area contributed by atoms with Gasteiger partial charge in [-0.2, -0.15) is 0 Å². The van der Waals surface area contributed by atoms with Crippen molar-refractivity contribution in [3.8, 4) is 0 Å². The molecule has 1 saturated heterocycles. The lowest BCUT2D eigenvalue weighted by atomic mass is 9.98. The van der Waals surface area contributed by atoms with Gasteiger partial charge in [0.1, 0.15) is 5.82 Å². The van der Waals surface area contributed by atoms with Gasteiger partial charge in [0, 0.05) is 38.2 Å². The first-order chi connectivity index (χ1) is 12.0. The minimum absolute atomic E-state index is 0.0750. The quantitative estimate of drug-likeness (QED) is 0.900. The number of piperidine rings is 1. The number of amides is 2. The first-order valence-electron chi connectivity index (χ1n) is 8.55. The Kier molecular flexibility index (Phi) is 5.01. The first-order valence-corrected chi connectivity index (χ1v) is 8.55. The molecule has 2 amide bonds. The summed E-state index contributed by atoms with van der Waals surface area (Å²) in [6.07, 6.45) is 2.20. The number of likely N-dealkylation sites (tertiary alicyclic amines) is 1. The summed E-state index contributed by atoms with van der Waals surface area (Å²) in [5.74, 6) is -1.95. The van der Waals surface area contributed by atoms with Crippen LogP contribution in [0.2, 0.25) is 0 Å². The van der Waals surface area contributed by atoms with Crippen molar-refractivity contribution in [1.29, 1.82) is 0 Å². The molecule has 0 radical (unpaired) electrons. The fourth-order valence-corrected chi connectivity index (χ4v) is 3.54. The van der Waals surface area contributed by atoms with E-state index >= 15 is 0 Å². The maximum absolute atomic E-state index is 13.4. The highest BCUT2D eigenvalue weighted by Gasteiger charge is 2.29. The number of anilines is 1. The molecule has 0 aromatic heterocycles. The predicted octanol–water partition coefficient (Wildman–Crippen LogP) is 1.82.